The molecular formula is C3H5NaO2Se. The summed E-state index contributed by atoms with van der Waals surface area (Å²) < 4.78 is 4.61. The standard InChI is InChI=1S/C3H6O2Se.Na/c1-2-5-3(4)6;/h2H2,1H3,(H,4,6);/q;+1/p-1. The fourth-order valence-electron chi connectivity index (χ4n) is 0.177. The van der Waals surface area contributed by atoms with Crippen LogP contribution in [0.2, 0.25) is 0 Å². The molecule has 0 aliphatic rings. The van der Waals surface area contributed by atoms with E-state index in [-0.39, 0.29) is 15.4 Å². The molecule has 0 aromatic heterocycles. The van der Waals surface area contributed by atoms with Crippen molar-refractivity contribution in [2.75, 3.05) is 6.61 Å². The molecule has 0 aromatic carbocycles. The van der Waals surface area contributed by atoms with Crippen molar-refractivity contribution in [3.8, 4) is 0 Å². The van der Waals surface area contributed by atoms with Crippen molar-refractivity contribution in [1.29, 1.82) is 0 Å². The van der Waals surface area contributed by atoms with E-state index in [9.17, 15) is 4.79 Å². The summed E-state index contributed by atoms with van der Waals surface area (Å²) in [5.41, 5.74) is 0. The summed E-state index contributed by atoms with van der Waals surface area (Å²) >= 11 is 0.975. The van der Waals surface area contributed by atoms with Gasteiger partial charge in [0.1, 0.15) is 0 Å². The first-order chi connectivity index (χ1) is 3.31. The number of carbonyl (C=O) groups excluding carboxylic acids is 1. The summed E-state index contributed by atoms with van der Waals surface area (Å²) in [5.74, 6) is 0. The van der Waals surface area contributed by atoms with Gasteiger partial charge in [-0.25, -0.2) is 0 Å². The van der Waals surface area contributed by atoms with Gasteiger partial charge >= 0.3 is 63.8 Å². The first-order valence-corrected chi connectivity index (χ1v) is 8.83. The van der Waals surface area contributed by atoms with Gasteiger partial charge in [-0.1, -0.05) is 0 Å². The van der Waals surface area contributed by atoms with Gasteiger partial charge in [0.2, 0.25) is 0 Å². The van der Waals surface area contributed by atoms with E-state index >= 15 is 0 Å². The Hall–Kier alpha value is 0.989. The third kappa shape index (κ3) is 4.85. The van der Waals surface area contributed by atoms with Crippen LogP contribution >= 0.6 is 0 Å². The second-order valence-electron chi connectivity index (χ2n) is 0.887. The minimum absolute atomic E-state index is 0.00154. The zero-order valence-corrected chi connectivity index (χ0v) is 8.14. The first-order valence-electron chi connectivity index (χ1n) is 2.02. The van der Waals surface area contributed by atoms with Crippen molar-refractivity contribution in [3.63, 3.8) is 0 Å². The van der Waals surface area contributed by atoms with Crippen LogP contribution in [-0.2, 0) is 4.74 Å². The molecule has 2 nitrogen and oxygen atoms in total. The Balaban J connectivity index is 3.00. The molecule has 0 N–H and O–H groups in total. The molecule has 0 bridgehead atoms. The molecule has 0 saturated carbocycles. The maximum atomic E-state index is 10.3. The number of hydrogen-bond donors (Lipinski definition) is 0. The molecule has 36 valence electrons. The third-order valence-corrected chi connectivity index (χ3v) is 3.11. The van der Waals surface area contributed by atoms with Gasteiger partial charge in [-0.3, -0.25) is 0 Å². The number of hydrogen-bond acceptors (Lipinski definition) is 2. The van der Waals surface area contributed by atoms with E-state index in [1.807, 2.05) is 6.92 Å². The van der Waals surface area contributed by atoms with Crippen LogP contribution in [0, 0.1) is 0 Å². The van der Waals surface area contributed by atoms with E-state index in [4.69, 9.17) is 0 Å². The Morgan fingerprint density at radius 1 is 2.00 bits per heavy atom. The van der Waals surface area contributed by atoms with Crippen molar-refractivity contribution in [2.24, 2.45) is 0 Å². The first kappa shape index (κ1) is 7.99. The fraction of sp³-hybridized carbons (Fsp3) is 0.667. The van der Waals surface area contributed by atoms with Crippen LogP contribution in [0.5, 0.6) is 0 Å². The zero-order valence-electron chi connectivity index (χ0n) is 4.43. The monoisotopic (exact) mass is 176 g/mol. The summed E-state index contributed by atoms with van der Waals surface area (Å²) in [4.78, 5) is 10.3. The van der Waals surface area contributed by atoms with E-state index in [1.165, 1.54) is 0 Å². The van der Waals surface area contributed by atoms with Gasteiger partial charge in [-0.2, -0.15) is 0 Å². The maximum absolute atomic E-state index is 10.3. The Morgan fingerprint density at radius 3 is 2.71 bits per heavy atom. The fourth-order valence-corrected chi connectivity index (χ4v) is 1.28. The average Bonchev–Trinajstić information content (AvgIpc) is 1.68. The van der Waals surface area contributed by atoms with Gasteiger partial charge in [0, 0.05) is 0 Å². The molecule has 0 radical (unpaired) electrons. The molecule has 0 aromatic rings. The molecular weight excluding hydrogens is 170 g/mol. The molecule has 0 atom stereocenters. The van der Waals surface area contributed by atoms with Gasteiger partial charge in [0.05, 0.1) is 0 Å². The van der Waals surface area contributed by atoms with Gasteiger partial charge in [-0.05, 0) is 0 Å². The minimum atomic E-state index is 0.00154. The summed E-state index contributed by atoms with van der Waals surface area (Å²) in [6, 6.07) is 0. The van der Waals surface area contributed by atoms with Gasteiger partial charge in [0.25, 0.3) is 0 Å². The molecule has 0 unspecified atom stereocenters. The molecule has 0 amide bonds. The molecule has 0 rings (SSSR count). The van der Waals surface area contributed by atoms with E-state index < -0.39 is 0 Å². The molecule has 0 spiro atoms. The van der Waals surface area contributed by atoms with Crippen molar-refractivity contribution in [3.05, 3.63) is 0 Å². The molecule has 4 heteroatoms. The topological polar surface area (TPSA) is 26.3 Å². The summed E-state index contributed by atoms with van der Waals surface area (Å²) in [6.07, 6.45) is 0. The van der Waals surface area contributed by atoms with Gasteiger partial charge in [0.15, 0.2) is 0 Å². The summed E-state index contributed by atoms with van der Waals surface area (Å²) in [7, 11) is 0.163. The summed E-state index contributed by atoms with van der Waals surface area (Å²) in [5, 5.41) is 0. The normalized spacial score (nSPS) is 8.43. The van der Waals surface area contributed by atoms with Crippen molar-refractivity contribution in [1.82, 2.24) is 0 Å². The predicted octanol–water partition coefficient (Wildman–Crippen LogP) is -0.0694. The Kier molecular flexibility index (Phi) is 5.86. The average molecular weight is 175 g/mol. The van der Waals surface area contributed by atoms with E-state index in [0.717, 1.165) is 25.4 Å². The molecule has 0 heterocycles. The van der Waals surface area contributed by atoms with Crippen molar-refractivity contribution >= 4 is 40.8 Å². The third-order valence-electron chi connectivity index (χ3n) is 0.429. The molecule has 0 saturated heterocycles. The van der Waals surface area contributed by atoms with Crippen molar-refractivity contribution < 1.29 is 9.53 Å². The number of ether oxygens (including phenoxy) is 1. The second kappa shape index (κ2) is 5.13. The van der Waals surface area contributed by atoms with Crippen LogP contribution in [0.25, 0.3) is 0 Å². The van der Waals surface area contributed by atoms with Crippen LogP contribution in [-0.4, -0.2) is 47.4 Å². The van der Waals surface area contributed by atoms with Crippen LogP contribution in [0.3, 0.4) is 0 Å². The van der Waals surface area contributed by atoms with E-state index in [1.54, 1.807) is 0 Å². The molecule has 0 aliphatic heterocycles. The van der Waals surface area contributed by atoms with Crippen LogP contribution in [0.1, 0.15) is 6.92 Å². The number of carbonyl (C=O) groups is 1. The van der Waals surface area contributed by atoms with E-state index in [2.05, 4.69) is 4.74 Å². The molecule has 0 fully saturated rings. The van der Waals surface area contributed by atoms with Crippen LogP contribution < -0.4 is 0 Å². The van der Waals surface area contributed by atoms with Crippen LogP contribution in [0.4, 0.5) is 4.79 Å². The van der Waals surface area contributed by atoms with Gasteiger partial charge in [-0.15, -0.1) is 0 Å². The van der Waals surface area contributed by atoms with Crippen LogP contribution in [0.15, 0.2) is 0 Å². The molecule has 0 aliphatic carbocycles. The SMILES string of the molecule is CCOC(=O)[Se][Na]. The Labute approximate surface area is 63.4 Å². The second-order valence-corrected chi connectivity index (χ2v) is 4.56. The number of rotatable bonds is 2. The van der Waals surface area contributed by atoms with Gasteiger partial charge < -0.3 is 0 Å². The Bertz CT molecular complexity index is 66.0. The van der Waals surface area contributed by atoms with Crippen molar-refractivity contribution in [2.45, 2.75) is 6.92 Å². The quantitative estimate of drug-likeness (QED) is 0.549. The van der Waals surface area contributed by atoms with E-state index in [0.29, 0.717) is 6.61 Å². The predicted molar refractivity (Wildman–Crippen MR) is 28.5 cm³/mol. The Morgan fingerprint density at radius 2 is 2.57 bits per heavy atom. The summed E-state index contributed by atoms with van der Waals surface area (Å²) in [6.45, 7) is 2.36. The zero-order chi connectivity index (χ0) is 5.70. The molecule has 7 heavy (non-hydrogen) atoms.